The average Bonchev–Trinajstić information content (AvgIpc) is 2.46. The van der Waals surface area contributed by atoms with Crippen LogP contribution in [0.15, 0.2) is 40.9 Å². The molecule has 0 aromatic heterocycles. The number of rotatable bonds is 5. The van der Waals surface area contributed by atoms with Gasteiger partial charge >= 0.3 is 0 Å². The zero-order valence-electron chi connectivity index (χ0n) is 10.8. The first-order chi connectivity index (χ1) is 9.65. The summed E-state index contributed by atoms with van der Waals surface area (Å²) in [6.45, 7) is 0.114. The van der Waals surface area contributed by atoms with Gasteiger partial charge in [-0.2, -0.15) is 0 Å². The molecule has 2 aromatic carbocycles. The lowest BCUT2D eigenvalue weighted by Crippen LogP contribution is -2.02. The number of halogens is 3. The maximum absolute atomic E-state index is 13.8. The Kier molecular flexibility index (Phi) is 5.26. The summed E-state index contributed by atoms with van der Waals surface area (Å²) in [6.07, 6.45) is 0. The third-order valence-electron chi connectivity index (χ3n) is 2.81. The van der Waals surface area contributed by atoms with Crippen LogP contribution in [0, 0.1) is 5.82 Å². The molecule has 0 radical (unpaired) electrons. The van der Waals surface area contributed by atoms with Gasteiger partial charge in [0, 0.05) is 15.6 Å². The van der Waals surface area contributed by atoms with Crippen molar-refractivity contribution in [1.82, 2.24) is 0 Å². The molecule has 0 spiro atoms. The number of benzene rings is 2. The Morgan fingerprint density at radius 1 is 1.20 bits per heavy atom. The molecule has 0 aliphatic heterocycles. The van der Waals surface area contributed by atoms with Crippen LogP contribution < -0.4 is 9.47 Å². The minimum atomic E-state index is -0.318. The van der Waals surface area contributed by atoms with Crippen LogP contribution in [-0.2, 0) is 12.5 Å². The van der Waals surface area contributed by atoms with E-state index in [4.69, 9.17) is 21.1 Å². The average molecular weight is 360 g/mol. The van der Waals surface area contributed by atoms with Gasteiger partial charge in [-0.3, -0.25) is 0 Å². The van der Waals surface area contributed by atoms with Gasteiger partial charge in [0.1, 0.15) is 12.4 Å². The molecule has 0 N–H and O–H groups in total. The molecule has 0 aliphatic rings. The summed E-state index contributed by atoms with van der Waals surface area (Å²) in [5.41, 5.74) is 1.28. The SMILES string of the molecule is COc1cccc(CCl)c1OCc1ccc(Br)cc1F. The first kappa shape index (κ1) is 15.1. The fraction of sp³-hybridized carbons (Fsp3) is 0.200. The van der Waals surface area contributed by atoms with Gasteiger partial charge < -0.3 is 9.47 Å². The topological polar surface area (TPSA) is 18.5 Å². The van der Waals surface area contributed by atoms with E-state index < -0.39 is 0 Å². The zero-order chi connectivity index (χ0) is 14.5. The van der Waals surface area contributed by atoms with E-state index in [0.29, 0.717) is 27.4 Å². The summed E-state index contributed by atoms with van der Waals surface area (Å²) < 4.78 is 25.4. The molecule has 0 fully saturated rings. The number of alkyl halides is 1. The van der Waals surface area contributed by atoms with Crippen molar-refractivity contribution in [3.8, 4) is 11.5 Å². The van der Waals surface area contributed by atoms with Crippen LogP contribution in [0.25, 0.3) is 0 Å². The maximum Gasteiger partial charge on any atom is 0.166 e. The van der Waals surface area contributed by atoms with E-state index in [9.17, 15) is 4.39 Å². The predicted octanol–water partition coefficient (Wildman–Crippen LogP) is 4.91. The molecule has 0 saturated carbocycles. The van der Waals surface area contributed by atoms with E-state index in [-0.39, 0.29) is 12.4 Å². The fourth-order valence-corrected chi connectivity index (χ4v) is 2.32. The molecule has 106 valence electrons. The van der Waals surface area contributed by atoms with E-state index >= 15 is 0 Å². The van der Waals surface area contributed by atoms with Crippen LogP contribution in [0.2, 0.25) is 0 Å². The molecule has 2 aromatic rings. The fourth-order valence-electron chi connectivity index (χ4n) is 1.78. The van der Waals surface area contributed by atoms with Gasteiger partial charge in [0.15, 0.2) is 11.5 Å². The van der Waals surface area contributed by atoms with Crippen molar-refractivity contribution in [3.63, 3.8) is 0 Å². The predicted molar refractivity (Wildman–Crippen MR) is 81.0 cm³/mol. The summed E-state index contributed by atoms with van der Waals surface area (Å²) in [4.78, 5) is 0. The Morgan fingerprint density at radius 2 is 2.00 bits per heavy atom. The molecular weight excluding hydrogens is 347 g/mol. The second kappa shape index (κ2) is 6.95. The molecule has 0 aliphatic carbocycles. The Bertz CT molecular complexity index is 582. The third-order valence-corrected chi connectivity index (χ3v) is 3.59. The Labute approximate surface area is 130 Å². The molecule has 0 atom stereocenters. The largest absolute Gasteiger partial charge is 0.493 e. The van der Waals surface area contributed by atoms with Gasteiger partial charge in [-0.05, 0) is 18.2 Å². The van der Waals surface area contributed by atoms with Crippen LogP contribution in [0.1, 0.15) is 11.1 Å². The first-order valence-electron chi connectivity index (χ1n) is 5.94. The highest BCUT2D eigenvalue weighted by molar-refractivity contribution is 9.10. The third kappa shape index (κ3) is 3.44. The van der Waals surface area contributed by atoms with Crippen molar-refractivity contribution >= 4 is 27.5 Å². The number of hydrogen-bond donors (Lipinski definition) is 0. The second-order valence-corrected chi connectivity index (χ2v) is 5.29. The summed E-state index contributed by atoms with van der Waals surface area (Å²) in [5.74, 6) is 1.12. The summed E-state index contributed by atoms with van der Waals surface area (Å²) in [5, 5.41) is 0. The highest BCUT2D eigenvalue weighted by Crippen LogP contribution is 2.33. The highest BCUT2D eigenvalue weighted by Gasteiger charge is 2.11. The molecule has 0 amide bonds. The summed E-state index contributed by atoms with van der Waals surface area (Å²) >= 11 is 9.10. The Balaban J connectivity index is 2.22. The smallest absolute Gasteiger partial charge is 0.166 e. The maximum atomic E-state index is 13.8. The second-order valence-electron chi connectivity index (χ2n) is 4.11. The van der Waals surface area contributed by atoms with Crippen molar-refractivity contribution in [1.29, 1.82) is 0 Å². The Hall–Kier alpha value is -1.26. The lowest BCUT2D eigenvalue weighted by molar-refractivity contribution is 0.277. The standard InChI is InChI=1S/C15H13BrClFO2/c1-19-14-4-2-3-10(8-17)15(14)20-9-11-5-6-12(16)7-13(11)18/h2-7H,8-9H2,1H3. The van der Waals surface area contributed by atoms with Crippen molar-refractivity contribution in [2.24, 2.45) is 0 Å². The van der Waals surface area contributed by atoms with Gasteiger partial charge in [0.2, 0.25) is 0 Å². The molecule has 0 bridgehead atoms. The lowest BCUT2D eigenvalue weighted by Gasteiger charge is -2.14. The first-order valence-corrected chi connectivity index (χ1v) is 7.27. The van der Waals surface area contributed by atoms with Crippen LogP contribution in [0.5, 0.6) is 11.5 Å². The molecule has 2 rings (SSSR count). The quantitative estimate of drug-likeness (QED) is 0.706. The molecule has 2 nitrogen and oxygen atoms in total. The van der Waals surface area contributed by atoms with Gasteiger partial charge in [0.05, 0.1) is 13.0 Å². The minimum Gasteiger partial charge on any atom is -0.493 e. The van der Waals surface area contributed by atoms with Gasteiger partial charge in [0.25, 0.3) is 0 Å². The summed E-state index contributed by atoms with van der Waals surface area (Å²) in [6, 6.07) is 10.3. The van der Waals surface area contributed by atoms with E-state index in [1.165, 1.54) is 6.07 Å². The normalized spacial score (nSPS) is 10.4. The van der Waals surface area contributed by atoms with Crippen LogP contribution in [0.3, 0.4) is 0 Å². The molecular formula is C15H13BrClFO2. The van der Waals surface area contributed by atoms with E-state index in [2.05, 4.69) is 15.9 Å². The van der Waals surface area contributed by atoms with Crippen molar-refractivity contribution in [3.05, 3.63) is 57.8 Å². The number of para-hydroxylation sites is 1. The molecule has 0 heterocycles. The van der Waals surface area contributed by atoms with Crippen molar-refractivity contribution in [2.45, 2.75) is 12.5 Å². The molecule has 0 unspecified atom stereocenters. The van der Waals surface area contributed by atoms with E-state index in [1.807, 2.05) is 12.1 Å². The van der Waals surface area contributed by atoms with Gasteiger partial charge in [-0.25, -0.2) is 4.39 Å². The van der Waals surface area contributed by atoms with Gasteiger partial charge in [-0.15, -0.1) is 11.6 Å². The number of ether oxygens (including phenoxy) is 2. The van der Waals surface area contributed by atoms with E-state index in [1.54, 1.807) is 25.3 Å². The lowest BCUT2D eigenvalue weighted by atomic mass is 10.2. The van der Waals surface area contributed by atoms with Gasteiger partial charge in [-0.1, -0.05) is 34.1 Å². The highest BCUT2D eigenvalue weighted by atomic mass is 79.9. The monoisotopic (exact) mass is 358 g/mol. The molecule has 0 saturated heterocycles. The summed E-state index contributed by atoms with van der Waals surface area (Å²) in [7, 11) is 1.56. The van der Waals surface area contributed by atoms with Crippen LogP contribution in [0.4, 0.5) is 4.39 Å². The van der Waals surface area contributed by atoms with Crippen LogP contribution >= 0.6 is 27.5 Å². The van der Waals surface area contributed by atoms with Crippen molar-refractivity contribution in [2.75, 3.05) is 7.11 Å². The molecule has 20 heavy (non-hydrogen) atoms. The van der Waals surface area contributed by atoms with Crippen molar-refractivity contribution < 1.29 is 13.9 Å². The Morgan fingerprint density at radius 3 is 2.65 bits per heavy atom. The number of hydrogen-bond acceptors (Lipinski definition) is 2. The molecule has 5 heteroatoms. The zero-order valence-corrected chi connectivity index (χ0v) is 13.2. The van der Waals surface area contributed by atoms with Crippen LogP contribution in [-0.4, -0.2) is 7.11 Å². The minimum absolute atomic E-state index is 0.114. The van der Waals surface area contributed by atoms with E-state index in [0.717, 1.165) is 5.56 Å². The number of methoxy groups -OCH3 is 1.